The molecule has 2 aliphatic rings. The molecule has 0 saturated heterocycles. The van der Waals surface area contributed by atoms with Crippen LogP contribution in [0.15, 0.2) is 35.5 Å². The van der Waals surface area contributed by atoms with Gasteiger partial charge in [0.15, 0.2) is 0 Å². The van der Waals surface area contributed by atoms with Gasteiger partial charge in [0, 0.05) is 0 Å². The predicted molar refractivity (Wildman–Crippen MR) is 94.2 cm³/mol. The van der Waals surface area contributed by atoms with E-state index in [9.17, 15) is 10.2 Å². The quantitative estimate of drug-likeness (QED) is 0.758. The summed E-state index contributed by atoms with van der Waals surface area (Å²) in [5.74, 6) is 0.325. The molecule has 1 aliphatic heterocycles. The Bertz CT molecular complexity index is 482. The Hall–Kier alpha value is -0.900. The van der Waals surface area contributed by atoms with E-state index in [1.165, 1.54) is 11.1 Å². The van der Waals surface area contributed by atoms with Gasteiger partial charge in [-0.1, -0.05) is 24.3 Å². The standard InChI is InChI=1S/C20H32O3/c1-14-6-5-7-15(2)18(21)12-16(9-8-14)17-10-11-19(23-13-17)20(3,4)22/h6,10,16,18-19,21-22H,2,5,7-9,11-13H2,1,3-4H3/b14-6+/t16?,18-,19-/m1/s1. The zero-order valence-corrected chi connectivity index (χ0v) is 14.8. The third kappa shape index (κ3) is 5.30. The van der Waals surface area contributed by atoms with Crippen LogP contribution < -0.4 is 0 Å². The first kappa shape index (κ1) is 18.4. The Morgan fingerprint density at radius 1 is 1.26 bits per heavy atom. The van der Waals surface area contributed by atoms with Gasteiger partial charge in [-0.2, -0.15) is 0 Å². The van der Waals surface area contributed by atoms with Gasteiger partial charge in [0.2, 0.25) is 0 Å². The second kappa shape index (κ2) is 7.78. The second-order valence-electron chi connectivity index (χ2n) is 7.70. The fourth-order valence-electron chi connectivity index (χ4n) is 3.42. The summed E-state index contributed by atoms with van der Waals surface area (Å²) in [7, 11) is 0. The average molecular weight is 320 g/mol. The van der Waals surface area contributed by atoms with Crippen molar-refractivity contribution in [3.63, 3.8) is 0 Å². The highest BCUT2D eigenvalue weighted by Crippen LogP contribution is 2.33. The average Bonchev–Trinajstić information content (AvgIpc) is 2.49. The van der Waals surface area contributed by atoms with Crippen molar-refractivity contribution in [2.24, 2.45) is 5.92 Å². The van der Waals surface area contributed by atoms with Gasteiger partial charge in [-0.25, -0.2) is 0 Å². The molecule has 2 N–H and O–H groups in total. The molecule has 3 atom stereocenters. The molecule has 0 fully saturated rings. The van der Waals surface area contributed by atoms with Crippen LogP contribution in [-0.2, 0) is 4.74 Å². The van der Waals surface area contributed by atoms with E-state index in [2.05, 4.69) is 25.7 Å². The van der Waals surface area contributed by atoms with Crippen LogP contribution in [0.25, 0.3) is 0 Å². The van der Waals surface area contributed by atoms with Crippen LogP contribution in [0, 0.1) is 5.92 Å². The van der Waals surface area contributed by atoms with Gasteiger partial charge in [-0.3, -0.25) is 0 Å². The molecule has 1 heterocycles. The van der Waals surface area contributed by atoms with Crippen LogP contribution >= 0.6 is 0 Å². The molecule has 0 radical (unpaired) electrons. The molecular formula is C20H32O3. The monoisotopic (exact) mass is 320 g/mol. The maximum Gasteiger partial charge on any atom is 0.0895 e. The van der Waals surface area contributed by atoms with Crippen LogP contribution in [0.2, 0.25) is 0 Å². The highest BCUT2D eigenvalue weighted by Gasteiger charge is 2.31. The molecule has 0 spiro atoms. The van der Waals surface area contributed by atoms with Crippen molar-refractivity contribution >= 4 is 0 Å². The fraction of sp³-hybridized carbons (Fsp3) is 0.700. The van der Waals surface area contributed by atoms with Crippen molar-refractivity contribution in [2.75, 3.05) is 6.61 Å². The highest BCUT2D eigenvalue weighted by molar-refractivity contribution is 5.16. The SMILES string of the molecule is C=C1CC/C=C(\C)CCC(C2=CC[C@H](C(C)(C)O)OC2)C[C@H]1O. The fourth-order valence-corrected chi connectivity index (χ4v) is 3.42. The van der Waals surface area contributed by atoms with Crippen molar-refractivity contribution in [3.05, 3.63) is 35.5 Å². The Labute approximate surface area is 140 Å². The van der Waals surface area contributed by atoms with Crippen molar-refractivity contribution < 1.29 is 14.9 Å². The maximum absolute atomic E-state index is 10.4. The molecule has 23 heavy (non-hydrogen) atoms. The minimum atomic E-state index is -0.814. The van der Waals surface area contributed by atoms with E-state index in [1.54, 1.807) is 13.8 Å². The Morgan fingerprint density at radius 2 is 2.00 bits per heavy atom. The van der Waals surface area contributed by atoms with E-state index in [0.29, 0.717) is 12.5 Å². The van der Waals surface area contributed by atoms with Gasteiger partial charge in [0.05, 0.1) is 24.4 Å². The number of hydrogen-bond donors (Lipinski definition) is 2. The van der Waals surface area contributed by atoms with E-state index in [0.717, 1.165) is 44.1 Å². The first-order valence-corrected chi connectivity index (χ1v) is 8.81. The molecule has 0 saturated carbocycles. The lowest BCUT2D eigenvalue weighted by atomic mass is 9.82. The minimum absolute atomic E-state index is 0.146. The number of hydrogen-bond acceptors (Lipinski definition) is 3. The molecule has 1 aliphatic carbocycles. The second-order valence-corrected chi connectivity index (χ2v) is 7.70. The summed E-state index contributed by atoms with van der Waals surface area (Å²) >= 11 is 0. The number of ether oxygens (including phenoxy) is 1. The van der Waals surface area contributed by atoms with Gasteiger partial charge in [-0.15, -0.1) is 0 Å². The summed E-state index contributed by atoms with van der Waals surface area (Å²) in [4.78, 5) is 0. The van der Waals surface area contributed by atoms with Crippen LogP contribution in [-0.4, -0.2) is 34.6 Å². The Balaban J connectivity index is 2.09. The summed E-state index contributed by atoms with van der Waals surface area (Å²) in [6.07, 6.45) is 9.33. The summed E-state index contributed by atoms with van der Waals surface area (Å²) < 4.78 is 5.89. The van der Waals surface area contributed by atoms with E-state index in [4.69, 9.17) is 4.74 Å². The third-order valence-electron chi connectivity index (χ3n) is 5.18. The van der Waals surface area contributed by atoms with Gasteiger partial charge in [0.25, 0.3) is 0 Å². The summed E-state index contributed by atoms with van der Waals surface area (Å²) in [5, 5.41) is 20.5. The van der Waals surface area contributed by atoms with Gasteiger partial charge >= 0.3 is 0 Å². The van der Waals surface area contributed by atoms with E-state index in [1.807, 2.05) is 0 Å². The number of allylic oxidation sites excluding steroid dienone is 2. The minimum Gasteiger partial charge on any atom is -0.389 e. The van der Waals surface area contributed by atoms with E-state index in [-0.39, 0.29) is 6.10 Å². The molecule has 3 nitrogen and oxygen atoms in total. The molecule has 0 aromatic rings. The largest absolute Gasteiger partial charge is 0.389 e. The molecule has 3 heteroatoms. The summed E-state index contributed by atoms with van der Waals surface area (Å²) in [5.41, 5.74) is 2.81. The molecule has 0 aromatic heterocycles. The van der Waals surface area contributed by atoms with E-state index < -0.39 is 11.7 Å². The van der Waals surface area contributed by atoms with Gasteiger partial charge in [0.1, 0.15) is 0 Å². The van der Waals surface area contributed by atoms with Crippen molar-refractivity contribution in [1.82, 2.24) is 0 Å². The van der Waals surface area contributed by atoms with Crippen LogP contribution in [0.3, 0.4) is 0 Å². The zero-order valence-electron chi connectivity index (χ0n) is 14.8. The molecule has 0 bridgehead atoms. The molecule has 0 amide bonds. The smallest absolute Gasteiger partial charge is 0.0895 e. The topological polar surface area (TPSA) is 49.7 Å². The van der Waals surface area contributed by atoms with Crippen LogP contribution in [0.5, 0.6) is 0 Å². The molecular weight excluding hydrogens is 288 g/mol. The number of rotatable bonds is 2. The van der Waals surface area contributed by atoms with E-state index >= 15 is 0 Å². The van der Waals surface area contributed by atoms with Crippen LogP contribution in [0.1, 0.15) is 59.3 Å². The first-order valence-electron chi connectivity index (χ1n) is 8.81. The van der Waals surface area contributed by atoms with Gasteiger partial charge in [-0.05, 0) is 76.4 Å². The molecule has 2 rings (SSSR count). The number of aliphatic hydroxyl groups excluding tert-OH is 1. The van der Waals surface area contributed by atoms with Crippen molar-refractivity contribution in [1.29, 1.82) is 0 Å². The number of aliphatic hydroxyl groups is 2. The maximum atomic E-state index is 10.4. The summed E-state index contributed by atoms with van der Waals surface area (Å²) in [6, 6.07) is 0. The Kier molecular flexibility index (Phi) is 6.24. The third-order valence-corrected chi connectivity index (χ3v) is 5.18. The molecule has 1 unspecified atom stereocenters. The lowest BCUT2D eigenvalue weighted by molar-refractivity contribution is -0.0868. The van der Waals surface area contributed by atoms with Crippen molar-refractivity contribution in [3.8, 4) is 0 Å². The summed E-state index contributed by atoms with van der Waals surface area (Å²) in [6.45, 7) is 10.4. The van der Waals surface area contributed by atoms with Crippen molar-refractivity contribution in [2.45, 2.75) is 77.1 Å². The lowest BCUT2D eigenvalue weighted by Gasteiger charge is -2.34. The lowest BCUT2D eigenvalue weighted by Crippen LogP contribution is -2.40. The predicted octanol–water partition coefficient (Wildman–Crippen LogP) is 3.92. The molecule has 130 valence electrons. The first-order chi connectivity index (χ1) is 10.8. The zero-order chi connectivity index (χ0) is 17.0. The van der Waals surface area contributed by atoms with Gasteiger partial charge < -0.3 is 14.9 Å². The normalized spacial score (nSPS) is 33.6. The molecule has 0 aromatic carbocycles. The highest BCUT2D eigenvalue weighted by atomic mass is 16.5. The van der Waals surface area contributed by atoms with Crippen LogP contribution in [0.4, 0.5) is 0 Å². The Morgan fingerprint density at radius 3 is 2.61 bits per heavy atom.